The van der Waals surface area contributed by atoms with E-state index in [1.54, 1.807) is 24.4 Å². The molecule has 1 aromatic heterocycles. The summed E-state index contributed by atoms with van der Waals surface area (Å²) >= 11 is 5.99. The van der Waals surface area contributed by atoms with Crippen LogP contribution in [-0.4, -0.2) is 32.7 Å². The molecular weight excluding hydrogens is 376 g/mol. The lowest BCUT2D eigenvalue weighted by molar-refractivity contribution is 0.607. The minimum Gasteiger partial charge on any atom is -0.338 e. The molecule has 2 rings (SSSR count). The fraction of sp³-hybridized carbons (Fsp3) is 0.375. The Kier molecular flexibility index (Phi) is 5.75. The third kappa shape index (κ3) is 5.42. The maximum Gasteiger partial charge on any atom is 0.229 e. The predicted octanol–water partition coefficient (Wildman–Crippen LogP) is 4.23. The Hall–Kier alpha value is -1.64. The van der Waals surface area contributed by atoms with Gasteiger partial charge in [-0.25, -0.2) is 18.4 Å². The summed E-state index contributed by atoms with van der Waals surface area (Å²) in [7, 11) is -4.89. The third-order valence-corrected chi connectivity index (χ3v) is 7.71. The third-order valence-electron chi connectivity index (χ3n) is 4.03. The zero-order valence-corrected chi connectivity index (χ0v) is 17.5. The van der Waals surface area contributed by atoms with Crippen molar-refractivity contribution in [2.24, 2.45) is 0 Å². The molecule has 0 saturated heterocycles. The normalized spacial score (nSPS) is 13.4. The molecule has 0 amide bonds. The first-order valence-corrected chi connectivity index (χ1v) is 13.7. The van der Waals surface area contributed by atoms with E-state index in [4.69, 9.17) is 11.6 Å². The van der Waals surface area contributed by atoms with Crippen LogP contribution in [0.2, 0.25) is 24.9 Å². The van der Waals surface area contributed by atoms with Crippen molar-refractivity contribution in [1.29, 1.82) is 0 Å². The Morgan fingerprint density at radius 2 is 1.76 bits per heavy atom. The molecule has 1 aromatic carbocycles. The molecule has 0 aliphatic carbocycles. The first-order chi connectivity index (χ1) is 11.5. The molecule has 0 saturated carbocycles. The Morgan fingerprint density at radius 3 is 2.32 bits per heavy atom. The predicted molar refractivity (Wildman–Crippen MR) is 107 cm³/mol. The molecule has 1 heterocycles. The molecule has 1 unspecified atom stereocenters. The summed E-state index contributed by atoms with van der Waals surface area (Å²) in [5.74, 6) is 0.595. The van der Waals surface area contributed by atoms with E-state index in [9.17, 15) is 8.42 Å². The maximum atomic E-state index is 11.6. The van der Waals surface area contributed by atoms with Gasteiger partial charge in [-0.2, -0.15) is 0 Å². The van der Waals surface area contributed by atoms with E-state index in [1.165, 1.54) is 0 Å². The number of benzene rings is 1. The highest BCUT2D eigenvalue weighted by atomic mass is 35.5. The van der Waals surface area contributed by atoms with E-state index < -0.39 is 18.1 Å². The fourth-order valence-corrected chi connectivity index (χ4v) is 4.12. The molecule has 0 aliphatic heterocycles. The summed E-state index contributed by atoms with van der Waals surface area (Å²) in [4.78, 5) is 8.45. The van der Waals surface area contributed by atoms with Gasteiger partial charge in [-0.15, -0.1) is 0 Å². The van der Waals surface area contributed by atoms with Crippen LogP contribution in [0.25, 0.3) is 0 Å². The molecule has 2 aromatic rings. The Morgan fingerprint density at radius 1 is 1.16 bits per heavy atom. The number of nitrogens with one attached hydrogen (secondary N) is 2. The number of hydrogen-bond acceptors (Lipinski definition) is 5. The summed E-state index contributed by atoms with van der Waals surface area (Å²) in [6.07, 6.45) is 2.86. The van der Waals surface area contributed by atoms with E-state index in [2.05, 4.69) is 46.6 Å². The van der Waals surface area contributed by atoms with E-state index in [1.807, 2.05) is 6.07 Å². The summed E-state index contributed by atoms with van der Waals surface area (Å²) < 4.78 is 25.7. The molecule has 0 aliphatic rings. The van der Waals surface area contributed by atoms with Crippen LogP contribution in [0.1, 0.15) is 18.0 Å². The first kappa shape index (κ1) is 19.7. The highest BCUT2D eigenvalue weighted by molar-refractivity contribution is 7.92. The molecule has 9 heteroatoms. The van der Waals surface area contributed by atoms with Gasteiger partial charge >= 0.3 is 0 Å². The molecule has 2 N–H and O–H groups in total. The zero-order valence-electron chi connectivity index (χ0n) is 15.0. The number of halogens is 1. The molecule has 1 atom stereocenters. The highest BCUT2D eigenvalue weighted by Crippen LogP contribution is 2.34. The quantitative estimate of drug-likeness (QED) is 0.562. The average Bonchev–Trinajstić information content (AvgIpc) is 2.46. The number of hydrogen-bond donors (Lipinski definition) is 2. The monoisotopic (exact) mass is 398 g/mol. The van der Waals surface area contributed by atoms with Gasteiger partial charge in [-0.05, 0) is 29.3 Å². The molecule has 0 radical (unpaired) electrons. The van der Waals surface area contributed by atoms with Crippen molar-refractivity contribution in [2.45, 2.75) is 32.1 Å². The molecule has 136 valence electrons. The van der Waals surface area contributed by atoms with E-state index in [0.717, 1.165) is 11.8 Å². The van der Waals surface area contributed by atoms with Crippen molar-refractivity contribution in [3.8, 4) is 0 Å². The maximum absolute atomic E-state index is 11.6. The van der Waals surface area contributed by atoms with Crippen LogP contribution in [0.3, 0.4) is 0 Å². The SMILES string of the molecule is CC(c1cnc(Cl)nc1Nc1ccccc1NS(C)(=O)=O)[Si](C)(C)C. The van der Waals surface area contributed by atoms with Gasteiger partial charge < -0.3 is 5.32 Å². The lowest BCUT2D eigenvalue weighted by atomic mass is 10.2. The lowest BCUT2D eigenvalue weighted by Gasteiger charge is -2.27. The number of rotatable bonds is 6. The van der Waals surface area contributed by atoms with Crippen LogP contribution in [0, 0.1) is 0 Å². The largest absolute Gasteiger partial charge is 0.338 e. The smallest absolute Gasteiger partial charge is 0.229 e. The van der Waals surface area contributed by atoms with Crippen LogP contribution < -0.4 is 10.0 Å². The molecule has 0 spiro atoms. The zero-order chi connectivity index (χ0) is 18.8. The van der Waals surface area contributed by atoms with Gasteiger partial charge in [0, 0.05) is 11.8 Å². The number of nitrogens with zero attached hydrogens (tertiary/aromatic N) is 2. The average molecular weight is 399 g/mol. The first-order valence-electron chi connectivity index (χ1n) is 7.83. The van der Waals surface area contributed by atoms with Crippen molar-refractivity contribution in [3.63, 3.8) is 0 Å². The Bertz CT molecular complexity index is 869. The second-order valence-corrected chi connectivity index (χ2v) is 14.8. The fourth-order valence-electron chi connectivity index (χ4n) is 2.26. The molecule has 0 bridgehead atoms. The lowest BCUT2D eigenvalue weighted by Crippen LogP contribution is -2.29. The van der Waals surface area contributed by atoms with E-state index >= 15 is 0 Å². The molecular formula is C16H23ClN4O2SSi. The number of anilines is 3. The summed E-state index contributed by atoms with van der Waals surface area (Å²) in [6.45, 7) is 8.98. The number of para-hydroxylation sites is 2. The van der Waals surface area contributed by atoms with Gasteiger partial charge in [0.2, 0.25) is 15.3 Å². The van der Waals surface area contributed by atoms with Gasteiger partial charge in [0.1, 0.15) is 5.82 Å². The second kappa shape index (κ2) is 7.31. The van der Waals surface area contributed by atoms with Crippen LogP contribution in [0.15, 0.2) is 30.5 Å². The second-order valence-electron chi connectivity index (χ2n) is 7.08. The van der Waals surface area contributed by atoms with Crippen LogP contribution in [0.4, 0.5) is 17.2 Å². The minimum atomic E-state index is -3.39. The minimum absolute atomic E-state index is 0.141. The van der Waals surface area contributed by atoms with Gasteiger partial charge in [-0.1, -0.05) is 38.7 Å². The van der Waals surface area contributed by atoms with Crippen molar-refractivity contribution in [3.05, 3.63) is 41.3 Å². The summed E-state index contributed by atoms with van der Waals surface area (Å²) in [6, 6.07) is 7.05. The number of aromatic nitrogens is 2. The Labute approximate surface area is 155 Å². The van der Waals surface area contributed by atoms with Crippen molar-refractivity contribution in [2.75, 3.05) is 16.3 Å². The molecule has 25 heavy (non-hydrogen) atoms. The van der Waals surface area contributed by atoms with Crippen molar-refractivity contribution >= 4 is 46.9 Å². The number of sulfonamides is 1. The van der Waals surface area contributed by atoms with E-state index in [0.29, 0.717) is 22.7 Å². The summed E-state index contributed by atoms with van der Waals surface area (Å²) in [5, 5.41) is 3.36. The van der Waals surface area contributed by atoms with Gasteiger partial charge in [0.15, 0.2) is 0 Å². The van der Waals surface area contributed by atoms with E-state index in [-0.39, 0.29) is 5.28 Å². The standard InChI is InChI=1S/C16H23ClN4O2SSi/c1-11(25(3,4)5)12-10-18-16(17)20-15(12)19-13-8-6-7-9-14(13)21-24(2,22)23/h6-11,21H,1-5H3,(H,18,19,20). The van der Waals surface area contributed by atoms with Crippen LogP contribution >= 0.6 is 11.6 Å². The summed E-state index contributed by atoms with van der Waals surface area (Å²) in [5.41, 5.74) is 2.32. The van der Waals surface area contributed by atoms with Gasteiger partial charge in [0.05, 0.1) is 25.7 Å². The van der Waals surface area contributed by atoms with Crippen molar-refractivity contribution in [1.82, 2.24) is 9.97 Å². The van der Waals surface area contributed by atoms with Crippen molar-refractivity contribution < 1.29 is 8.42 Å². The topological polar surface area (TPSA) is 84.0 Å². The highest BCUT2D eigenvalue weighted by Gasteiger charge is 2.27. The Balaban J connectivity index is 2.46. The van der Waals surface area contributed by atoms with Crippen LogP contribution in [0.5, 0.6) is 0 Å². The molecule has 0 fully saturated rings. The van der Waals surface area contributed by atoms with Crippen LogP contribution in [-0.2, 0) is 10.0 Å². The van der Waals surface area contributed by atoms with Gasteiger partial charge in [0.25, 0.3) is 0 Å². The molecule has 6 nitrogen and oxygen atoms in total. The van der Waals surface area contributed by atoms with Gasteiger partial charge in [-0.3, -0.25) is 4.72 Å².